The Labute approximate surface area is 161 Å². The number of aromatic nitrogens is 1. The van der Waals surface area contributed by atoms with Crippen LogP contribution in [-0.2, 0) is 16.1 Å². The molecule has 1 amide bonds. The monoisotopic (exact) mass is 393 g/mol. The Hall–Kier alpha value is -1.96. The van der Waals surface area contributed by atoms with E-state index in [1.165, 1.54) is 11.3 Å². The fourth-order valence-electron chi connectivity index (χ4n) is 2.60. The number of rotatable bonds is 7. The first-order valence-corrected chi connectivity index (χ1v) is 9.64. The average molecular weight is 394 g/mol. The predicted molar refractivity (Wildman–Crippen MR) is 102 cm³/mol. The number of nitrogens with zero attached hydrogens (tertiary/aromatic N) is 2. The van der Waals surface area contributed by atoms with Crippen LogP contribution in [0.5, 0.6) is 0 Å². The Morgan fingerprint density at radius 2 is 2.00 bits per heavy atom. The summed E-state index contributed by atoms with van der Waals surface area (Å²) in [4.78, 5) is 31.1. The average Bonchev–Trinajstić information content (AvgIpc) is 3.12. The topological polar surface area (TPSA) is 71.5 Å². The van der Waals surface area contributed by atoms with E-state index in [1.54, 1.807) is 18.3 Å². The molecular formula is C18H20ClN3O3S. The lowest BCUT2D eigenvalue weighted by Crippen LogP contribution is -2.36. The van der Waals surface area contributed by atoms with Crippen molar-refractivity contribution in [1.82, 2.24) is 10.3 Å². The molecule has 6 nitrogen and oxygen atoms in total. The molecule has 0 bridgehead atoms. The predicted octanol–water partition coefficient (Wildman–Crippen LogP) is 2.91. The van der Waals surface area contributed by atoms with Crippen LogP contribution in [0.3, 0.4) is 0 Å². The Kier molecular flexibility index (Phi) is 6.60. The van der Waals surface area contributed by atoms with Gasteiger partial charge in [-0.25, -0.2) is 4.98 Å². The number of Topliss-reactive ketones (excluding diaryl/α,β-unsaturated/α-hetero) is 1. The van der Waals surface area contributed by atoms with Gasteiger partial charge < -0.3 is 15.0 Å². The Morgan fingerprint density at radius 3 is 2.65 bits per heavy atom. The highest BCUT2D eigenvalue weighted by Crippen LogP contribution is 2.22. The van der Waals surface area contributed by atoms with Crippen LogP contribution in [-0.4, -0.2) is 43.0 Å². The summed E-state index contributed by atoms with van der Waals surface area (Å²) >= 11 is 7.05. The summed E-state index contributed by atoms with van der Waals surface area (Å²) in [5, 5.41) is 2.82. The zero-order valence-electron chi connectivity index (χ0n) is 14.2. The molecule has 2 aromatic rings. The molecule has 0 aliphatic carbocycles. The van der Waals surface area contributed by atoms with Crippen molar-refractivity contribution in [3.8, 4) is 0 Å². The van der Waals surface area contributed by atoms with Gasteiger partial charge in [-0.2, -0.15) is 0 Å². The van der Waals surface area contributed by atoms with E-state index in [1.807, 2.05) is 12.1 Å². The van der Waals surface area contributed by atoms with Crippen molar-refractivity contribution >= 4 is 40.4 Å². The van der Waals surface area contributed by atoms with Crippen molar-refractivity contribution in [2.45, 2.75) is 19.4 Å². The van der Waals surface area contributed by atoms with Crippen LogP contribution >= 0.6 is 22.9 Å². The molecule has 1 N–H and O–H groups in total. The van der Waals surface area contributed by atoms with Crippen LogP contribution in [0.15, 0.2) is 30.5 Å². The minimum atomic E-state index is -0.154. The zero-order chi connectivity index (χ0) is 18.4. The van der Waals surface area contributed by atoms with E-state index < -0.39 is 0 Å². The largest absolute Gasteiger partial charge is 0.378 e. The Balaban J connectivity index is 1.41. The van der Waals surface area contributed by atoms with Crippen LogP contribution in [0.4, 0.5) is 5.82 Å². The Bertz CT molecular complexity index is 757. The molecule has 0 aromatic carbocycles. The van der Waals surface area contributed by atoms with Gasteiger partial charge in [0.05, 0.1) is 22.4 Å². The van der Waals surface area contributed by atoms with Crippen molar-refractivity contribution < 1.29 is 14.3 Å². The lowest BCUT2D eigenvalue weighted by molar-refractivity contribution is -0.121. The quantitative estimate of drug-likeness (QED) is 0.732. The molecule has 138 valence electrons. The molecule has 8 heteroatoms. The highest BCUT2D eigenvalue weighted by Gasteiger charge is 2.13. The number of anilines is 1. The molecule has 26 heavy (non-hydrogen) atoms. The number of hydrogen-bond donors (Lipinski definition) is 1. The number of ketones is 1. The third-order valence-corrected chi connectivity index (χ3v) is 5.33. The van der Waals surface area contributed by atoms with Crippen molar-refractivity contribution in [3.63, 3.8) is 0 Å². The SMILES string of the molecule is O=C(CCC(=O)c1ccc(Cl)s1)NCc1ccc(N2CCOCC2)nc1. The number of carbonyl (C=O) groups is 2. The smallest absolute Gasteiger partial charge is 0.220 e. The second-order valence-electron chi connectivity index (χ2n) is 5.93. The van der Waals surface area contributed by atoms with E-state index in [9.17, 15) is 9.59 Å². The molecule has 1 aliphatic heterocycles. The van der Waals surface area contributed by atoms with E-state index in [0.29, 0.717) is 15.8 Å². The fraction of sp³-hybridized carbons (Fsp3) is 0.389. The molecule has 0 unspecified atom stereocenters. The maximum atomic E-state index is 12.0. The zero-order valence-corrected chi connectivity index (χ0v) is 15.8. The minimum absolute atomic E-state index is 0.0615. The van der Waals surface area contributed by atoms with Gasteiger partial charge in [0.15, 0.2) is 5.78 Å². The molecule has 1 saturated heterocycles. The van der Waals surface area contributed by atoms with Crippen molar-refractivity contribution in [2.75, 3.05) is 31.2 Å². The van der Waals surface area contributed by atoms with Gasteiger partial charge in [-0.05, 0) is 23.8 Å². The van der Waals surface area contributed by atoms with Gasteiger partial charge in [0.1, 0.15) is 5.82 Å². The highest BCUT2D eigenvalue weighted by atomic mass is 35.5. The number of amides is 1. The number of ether oxygens (including phenoxy) is 1. The summed E-state index contributed by atoms with van der Waals surface area (Å²) in [5.41, 5.74) is 0.923. The summed E-state index contributed by atoms with van der Waals surface area (Å²) in [5.74, 6) is 0.704. The normalized spacial score (nSPS) is 14.3. The van der Waals surface area contributed by atoms with E-state index in [-0.39, 0.29) is 24.5 Å². The molecular weight excluding hydrogens is 374 g/mol. The molecule has 0 atom stereocenters. The van der Waals surface area contributed by atoms with Gasteiger partial charge >= 0.3 is 0 Å². The Morgan fingerprint density at radius 1 is 1.19 bits per heavy atom. The summed E-state index contributed by atoms with van der Waals surface area (Å²) in [7, 11) is 0. The number of morpholine rings is 1. The number of nitrogens with one attached hydrogen (secondary N) is 1. The summed E-state index contributed by atoms with van der Waals surface area (Å²) in [6.07, 6.45) is 2.11. The highest BCUT2D eigenvalue weighted by molar-refractivity contribution is 7.18. The minimum Gasteiger partial charge on any atom is -0.378 e. The van der Waals surface area contributed by atoms with Crippen molar-refractivity contribution in [2.24, 2.45) is 0 Å². The van der Waals surface area contributed by atoms with Gasteiger partial charge in [0, 0.05) is 38.7 Å². The number of hydrogen-bond acceptors (Lipinski definition) is 6. The van der Waals surface area contributed by atoms with Crippen molar-refractivity contribution in [3.05, 3.63) is 45.2 Å². The first-order chi connectivity index (χ1) is 12.6. The maximum absolute atomic E-state index is 12.0. The third-order valence-electron chi connectivity index (χ3n) is 4.06. The van der Waals surface area contributed by atoms with E-state index in [0.717, 1.165) is 37.7 Å². The number of halogens is 1. The van der Waals surface area contributed by atoms with Gasteiger partial charge in [-0.3, -0.25) is 9.59 Å². The fourth-order valence-corrected chi connectivity index (χ4v) is 3.61. The summed E-state index contributed by atoms with van der Waals surface area (Å²) < 4.78 is 5.91. The lowest BCUT2D eigenvalue weighted by Gasteiger charge is -2.27. The van der Waals surface area contributed by atoms with Crippen LogP contribution in [0.2, 0.25) is 4.34 Å². The van der Waals surface area contributed by atoms with E-state index >= 15 is 0 Å². The maximum Gasteiger partial charge on any atom is 0.220 e. The second-order valence-corrected chi connectivity index (χ2v) is 7.64. The van der Waals surface area contributed by atoms with Gasteiger partial charge in [-0.1, -0.05) is 17.7 Å². The first kappa shape index (κ1) is 18.8. The molecule has 0 radical (unpaired) electrons. The first-order valence-electron chi connectivity index (χ1n) is 8.44. The van der Waals surface area contributed by atoms with Crippen molar-refractivity contribution in [1.29, 1.82) is 0 Å². The molecule has 0 spiro atoms. The molecule has 3 heterocycles. The van der Waals surface area contributed by atoms with Crippen LogP contribution < -0.4 is 10.2 Å². The van der Waals surface area contributed by atoms with E-state index in [2.05, 4.69) is 15.2 Å². The van der Waals surface area contributed by atoms with Crippen LogP contribution in [0.25, 0.3) is 0 Å². The third kappa shape index (κ3) is 5.27. The second kappa shape index (κ2) is 9.12. The molecule has 0 saturated carbocycles. The number of pyridine rings is 1. The van der Waals surface area contributed by atoms with E-state index in [4.69, 9.17) is 16.3 Å². The number of thiophene rings is 1. The molecule has 2 aromatic heterocycles. The standard InChI is InChI=1S/C18H20ClN3O3S/c19-16-4-3-15(26-16)14(23)2-6-18(24)21-12-13-1-5-17(20-11-13)22-7-9-25-10-8-22/h1,3-5,11H,2,6-10,12H2,(H,21,24). The van der Waals surface area contributed by atoms with Gasteiger partial charge in [0.2, 0.25) is 5.91 Å². The van der Waals surface area contributed by atoms with Crippen LogP contribution in [0, 0.1) is 0 Å². The molecule has 1 fully saturated rings. The molecule has 1 aliphatic rings. The summed E-state index contributed by atoms with van der Waals surface area (Å²) in [6, 6.07) is 7.29. The van der Waals surface area contributed by atoms with Crippen LogP contribution in [0.1, 0.15) is 28.1 Å². The summed E-state index contributed by atoms with van der Waals surface area (Å²) in [6.45, 7) is 3.51. The number of carbonyl (C=O) groups excluding carboxylic acids is 2. The lowest BCUT2D eigenvalue weighted by atomic mass is 10.2. The van der Waals surface area contributed by atoms with Gasteiger partial charge in [-0.15, -0.1) is 11.3 Å². The molecule has 3 rings (SSSR count). The van der Waals surface area contributed by atoms with Gasteiger partial charge in [0.25, 0.3) is 0 Å².